The molecule has 0 radical (unpaired) electrons. The summed E-state index contributed by atoms with van der Waals surface area (Å²) in [5.74, 6) is 0. The van der Waals surface area contributed by atoms with E-state index in [9.17, 15) is 4.79 Å². The summed E-state index contributed by atoms with van der Waals surface area (Å²) in [5, 5.41) is 19.1. The summed E-state index contributed by atoms with van der Waals surface area (Å²) in [6.45, 7) is 5.92. The molecule has 0 aliphatic rings. The van der Waals surface area contributed by atoms with E-state index < -0.39 is 7.12 Å². The minimum absolute atomic E-state index is 0.318. The van der Waals surface area contributed by atoms with Gasteiger partial charge in [-0.05, 0) is 38.3 Å². The highest BCUT2D eigenvalue weighted by atomic mass is 16.5. The number of para-hydroxylation sites is 1. The molecule has 1 aromatic heterocycles. The third-order valence-corrected chi connectivity index (χ3v) is 2.65. The topological polar surface area (TPSA) is 71.7 Å². The van der Waals surface area contributed by atoms with Crippen LogP contribution in [0.15, 0.2) is 30.3 Å². The Morgan fingerprint density at radius 1 is 1.25 bits per heavy atom. The number of aromatic nitrogens is 1. The van der Waals surface area contributed by atoms with Crippen LogP contribution in [-0.2, 0) is 16.6 Å². The second kappa shape index (κ2) is 6.59. The molecule has 0 aliphatic carbocycles. The van der Waals surface area contributed by atoms with Crippen molar-refractivity contribution in [2.24, 2.45) is 7.05 Å². The zero-order chi connectivity index (χ0) is 15.3. The van der Waals surface area contributed by atoms with Crippen molar-refractivity contribution < 1.29 is 19.6 Å². The smallest absolute Gasteiger partial charge is 0.462 e. The minimum atomic E-state index is -1.41. The maximum absolute atomic E-state index is 9.60. The van der Waals surface area contributed by atoms with Gasteiger partial charge in [-0.1, -0.05) is 18.2 Å². The maximum Gasteiger partial charge on any atom is 0.505 e. The summed E-state index contributed by atoms with van der Waals surface area (Å²) in [5.41, 5.74) is 1.20. The number of benzene rings is 1. The van der Waals surface area contributed by atoms with Crippen molar-refractivity contribution in [2.45, 2.75) is 26.4 Å². The first kappa shape index (κ1) is 16.3. The van der Waals surface area contributed by atoms with Crippen LogP contribution in [0, 0.1) is 0 Å². The normalized spacial score (nSPS) is 10.7. The van der Waals surface area contributed by atoms with Crippen molar-refractivity contribution in [1.82, 2.24) is 4.57 Å². The molecule has 0 bridgehead atoms. The van der Waals surface area contributed by atoms with Crippen LogP contribution in [0.25, 0.3) is 10.9 Å². The Morgan fingerprint density at radius 2 is 1.85 bits per heavy atom. The summed E-state index contributed by atoms with van der Waals surface area (Å²) >= 11 is 0. The molecule has 0 unspecified atom stereocenters. The van der Waals surface area contributed by atoms with E-state index in [-0.39, 0.29) is 5.60 Å². The minimum Gasteiger partial charge on any atom is -0.462 e. The first-order chi connectivity index (χ1) is 9.26. The van der Waals surface area contributed by atoms with Crippen molar-refractivity contribution in [3.63, 3.8) is 0 Å². The van der Waals surface area contributed by atoms with Gasteiger partial charge in [0.05, 0.1) is 0 Å². The Balaban J connectivity index is 0.000000246. The molecule has 5 nitrogen and oxygen atoms in total. The molecular formula is C14H20BNO4. The highest BCUT2D eigenvalue weighted by Crippen LogP contribution is 2.12. The SMILES string of the molecule is CC(C)(C)OC=O.Cn1c(B(O)O)cc2ccccc21. The van der Waals surface area contributed by atoms with E-state index in [0.29, 0.717) is 12.1 Å². The number of carbonyl (C=O) groups excluding carboxylic acids is 1. The van der Waals surface area contributed by atoms with Gasteiger partial charge in [0.1, 0.15) is 5.60 Å². The van der Waals surface area contributed by atoms with Gasteiger partial charge in [0, 0.05) is 18.2 Å². The van der Waals surface area contributed by atoms with Crippen LogP contribution in [0.5, 0.6) is 0 Å². The van der Waals surface area contributed by atoms with E-state index in [4.69, 9.17) is 10.0 Å². The number of nitrogens with zero attached hydrogens (tertiary/aromatic N) is 1. The highest BCUT2D eigenvalue weighted by molar-refractivity contribution is 6.58. The Kier molecular flexibility index (Phi) is 5.36. The average Bonchev–Trinajstić information content (AvgIpc) is 2.67. The lowest BCUT2D eigenvalue weighted by Crippen LogP contribution is -2.34. The highest BCUT2D eigenvalue weighted by Gasteiger charge is 2.16. The van der Waals surface area contributed by atoms with E-state index in [1.165, 1.54) is 0 Å². The van der Waals surface area contributed by atoms with E-state index in [2.05, 4.69) is 4.74 Å². The van der Waals surface area contributed by atoms with Crippen LogP contribution >= 0.6 is 0 Å². The van der Waals surface area contributed by atoms with Gasteiger partial charge < -0.3 is 19.4 Å². The molecule has 1 aromatic carbocycles. The molecule has 0 fully saturated rings. The van der Waals surface area contributed by atoms with Crippen molar-refractivity contribution in [3.8, 4) is 0 Å². The summed E-state index contributed by atoms with van der Waals surface area (Å²) < 4.78 is 6.33. The summed E-state index contributed by atoms with van der Waals surface area (Å²) in [7, 11) is 0.411. The molecule has 6 heteroatoms. The van der Waals surface area contributed by atoms with Crippen LogP contribution in [0.3, 0.4) is 0 Å². The number of hydrogen-bond acceptors (Lipinski definition) is 4. The molecule has 108 valence electrons. The van der Waals surface area contributed by atoms with E-state index in [1.54, 1.807) is 10.6 Å². The van der Waals surface area contributed by atoms with Gasteiger partial charge in [0.25, 0.3) is 6.47 Å². The van der Waals surface area contributed by atoms with Crippen LogP contribution in [-0.4, -0.2) is 33.8 Å². The first-order valence-corrected chi connectivity index (χ1v) is 6.28. The number of fused-ring (bicyclic) bond motifs is 1. The fourth-order valence-corrected chi connectivity index (χ4v) is 1.70. The van der Waals surface area contributed by atoms with Gasteiger partial charge in [-0.2, -0.15) is 0 Å². The molecule has 0 atom stereocenters. The second-order valence-corrected chi connectivity index (χ2v) is 5.39. The quantitative estimate of drug-likeness (QED) is 0.629. The van der Waals surface area contributed by atoms with E-state index in [1.807, 2.05) is 52.1 Å². The van der Waals surface area contributed by atoms with Crippen molar-refractivity contribution in [1.29, 1.82) is 0 Å². The van der Waals surface area contributed by atoms with Crippen molar-refractivity contribution in [3.05, 3.63) is 30.3 Å². The summed E-state index contributed by atoms with van der Waals surface area (Å²) in [6, 6.07) is 9.52. The fourth-order valence-electron chi connectivity index (χ4n) is 1.70. The lowest BCUT2D eigenvalue weighted by molar-refractivity contribution is -0.138. The van der Waals surface area contributed by atoms with Gasteiger partial charge in [0.2, 0.25) is 0 Å². The average molecular weight is 277 g/mol. The van der Waals surface area contributed by atoms with Gasteiger partial charge in [-0.25, -0.2) is 0 Å². The molecule has 0 amide bonds. The third kappa shape index (κ3) is 4.40. The Morgan fingerprint density at radius 3 is 2.25 bits per heavy atom. The number of rotatable bonds is 2. The Bertz CT molecular complexity index is 572. The summed E-state index contributed by atoms with van der Waals surface area (Å²) in [4.78, 5) is 9.60. The Labute approximate surface area is 118 Å². The van der Waals surface area contributed by atoms with Crippen LogP contribution < -0.4 is 5.59 Å². The standard InChI is InChI=1S/C9H10BNO2.C5H10O2/c1-11-8-5-3-2-4-7(8)6-9(11)10(12)13;1-5(2,3)7-4-6/h2-6,12-13H,1H3;4H,1-3H3. The third-order valence-electron chi connectivity index (χ3n) is 2.65. The van der Waals surface area contributed by atoms with Gasteiger partial charge in [-0.15, -0.1) is 0 Å². The van der Waals surface area contributed by atoms with Crippen LogP contribution in [0.2, 0.25) is 0 Å². The van der Waals surface area contributed by atoms with E-state index in [0.717, 1.165) is 10.9 Å². The monoisotopic (exact) mass is 277 g/mol. The number of aryl methyl sites for hydroxylation is 1. The number of carbonyl (C=O) groups is 1. The lowest BCUT2D eigenvalue weighted by atomic mass is 9.86. The zero-order valence-electron chi connectivity index (χ0n) is 12.2. The molecule has 2 N–H and O–H groups in total. The van der Waals surface area contributed by atoms with Gasteiger partial charge in [0.15, 0.2) is 0 Å². The predicted octanol–water partition coefficient (Wildman–Crippen LogP) is 0.816. The molecule has 2 rings (SSSR count). The maximum atomic E-state index is 9.60. The molecule has 2 aromatic rings. The van der Waals surface area contributed by atoms with Crippen molar-refractivity contribution in [2.75, 3.05) is 0 Å². The summed E-state index contributed by atoms with van der Waals surface area (Å²) in [6.07, 6.45) is 0. The molecule has 1 heterocycles. The van der Waals surface area contributed by atoms with Gasteiger partial charge >= 0.3 is 7.12 Å². The predicted molar refractivity (Wildman–Crippen MR) is 79.6 cm³/mol. The molecule has 0 spiro atoms. The second-order valence-electron chi connectivity index (χ2n) is 5.39. The fraction of sp³-hybridized carbons (Fsp3) is 0.357. The molecular weight excluding hydrogens is 257 g/mol. The number of ether oxygens (including phenoxy) is 1. The molecule has 0 saturated carbocycles. The lowest BCUT2D eigenvalue weighted by Gasteiger charge is -2.14. The molecule has 0 saturated heterocycles. The van der Waals surface area contributed by atoms with E-state index >= 15 is 0 Å². The van der Waals surface area contributed by atoms with Crippen molar-refractivity contribution >= 4 is 30.1 Å². The van der Waals surface area contributed by atoms with Crippen LogP contribution in [0.4, 0.5) is 0 Å². The first-order valence-electron chi connectivity index (χ1n) is 6.28. The van der Waals surface area contributed by atoms with Crippen LogP contribution in [0.1, 0.15) is 20.8 Å². The largest absolute Gasteiger partial charge is 0.505 e. The number of hydrogen-bond donors (Lipinski definition) is 2. The molecule has 0 aliphatic heterocycles. The van der Waals surface area contributed by atoms with Gasteiger partial charge in [-0.3, -0.25) is 4.79 Å². The molecule has 20 heavy (non-hydrogen) atoms. The zero-order valence-corrected chi connectivity index (χ0v) is 12.2. The Hall–Kier alpha value is -1.79.